The van der Waals surface area contributed by atoms with E-state index in [0.717, 1.165) is 38.9 Å². The number of amides is 1. The molecule has 2 unspecified atom stereocenters. The van der Waals surface area contributed by atoms with Crippen LogP contribution in [0.2, 0.25) is 0 Å². The Kier molecular flexibility index (Phi) is 4.80. The average molecular weight is 268 g/mol. The first kappa shape index (κ1) is 14.3. The molecule has 5 nitrogen and oxygen atoms in total. The minimum atomic E-state index is -0.798. The Morgan fingerprint density at radius 2 is 1.68 bits per heavy atom. The van der Waals surface area contributed by atoms with Crippen molar-refractivity contribution in [1.29, 1.82) is 0 Å². The number of likely N-dealkylation sites (tertiary alicyclic amines) is 2. The van der Waals surface area contributed by atoms with Crippen molar-refractivity contribution in [3.05, 3.63) is 0 Å². The van der Waals surface area contributed by atoms with Gasteiger partial charge in [-0.3, -0.25) is 14.5 Å². The zero-order valence-electron chi connectivity index (χ0n) is 11.7. The number of carbonyl (C=O) groups is 2. The Hall–Kier alpha value is -1.10. The van der Waals surface area contributed by atoms with Crippen molar-refractivity contribution in [2.75, 3.05) is 19.6 Å². The van der Waals surface area contributed by atoms with E-state index < -0.39 is 12.0 Å². The second kappa shape index (κ2) is 6.37. The van der Waals surface area contributed by atoms with Crippen LogP contribution in [0.15, 0.2) is 0 Å². The zero-order chi connectivity index (χ0) is 13.8. The van der Waals surface area contributed by atoms with Crippen LogP contribution in [0, 0.1) is 0 Å². The van der Waals surface area contributed by atoms with Crippen LogP contribution in [-0.2, 0) is 9.59 Å². The van der Waals surface area contributed by atoms with Crippen molar-refractivity contribution in [2.45, 2.75) is 57.5 Å². The fourth-order valence-electron chi connectivity index (χ4n) is 3.21. The number of hydrogen-bond acceptors (Lipinski definition) is 3. The standard InChI is InChI=1S/C14H24N2O3/c1-11(16-10-6-7-12(16)14(18)19)13(17)15-8-4-2-3-5-9-15/h11-12H,2-10H2,1H3,(H,18,19). The van der Waals surface area contributed by atoms with Gasteiger partial charge in [-0.25, -0.2) is 0 Å². The summed E-state index contributed by atoms with van der Waals surface area (Å²) in [4.78, 5) is 27.5. The molecule has 2 heterocycles. The van der Waals surface area contributed by atoms with Gasteiger partial charge in [0, 0.05) is 13.1 Å². The van der Waals surface area contributed by atoms with E-state index in [2.05, 4.69) is 0 Å². The highest BCUT2D eigenvalue weighted by molar-refractivity contribution is 5.83. The van der Waals surface area contributed by atoms with Crippen molar-refractivity contribution < 1.29 is 14.7 Å². The molecule has 0 spiro atoms. The highest BCUT2D eigenvalue weighted by Crippen LogP contribution is 2.22. The van der Waals surface area contributed by atoms with Crippen LogP contribution in [0.3, 0.4) is 0 Å². The van der Waals surface area contributed by atoms with Crippen molar-refractivity contribution in [1.82, 2.24) is 9.80 Å². The molecule has 0 aliphatic carbocycles. The summed E-state index contributed by atoms with van der Waals surface area (Å²) in [7, 11) is 0. The van der Waals surface area contributed by atoms with Crippen LogP contribution in [0.1, 0.15) is 45.4 Å². The van der Waals surface area contributed by atoms with Gasteiger partial charge in [0.25, 0.3) is 0 Å². The van der Waals surface area contributed by atoms with Gasteiger partial charge in [0.2, 0.25) is 5.91 Å². The molecule has 108 valence electrons. The van der Waals surface area contributed by atoms with Crippen molar-refractivity contribution in [2.24, 2.45) is 0 Å². The molecule has 2 aliphatic rings. The van der Waals surface area contributed by atoms with Crippen LogP contribution in [-0.4, -0.2) is 58.5 Å². The second-order valence-electron chi connectivity index (χ2n) is 5.65. The Bertz CT molecular complexity index is 338. The lowest BCUT2D eigenvalue weighted by Gasteiger charge is -2.31. The molecule has 0 radical (unpaired) electrons. The predicted molar refractivity (Wildman–Crippen MR) is 71.9 cm³/mol. The maximum atomic E-state index is 12.5. The first-order valence-corrected chi connectivity index (χ1v) is 7.38. The van der Waals surface area contributed by atoms with E-state index in [1.54, 1.807) is 0 Å². The van der Waals surface area contributed by atoms with Gasteiger partial charge in [0.05, 0.1) is 6.04 Å². The Balaban J connectivity index is 1.99. The van der Waals surface area contributed by atoms with Gasteiger partial charge < -0.3 is 10.0 Å². The molecule has 0 bridgehead atoms. The molecule has 5 heteroatoms. The summed E-state index contributed by atoms with van der Waals surface area (Å²) < 4.78 is 0. The van der Waals surface area contributed by atoms with Gasteiger partial charge >= 0.3 is 5.97 Å². The van der Waals surface area contributed by atoms with Gasteiger partial charge in [-0.05, 0) is 39.2 Å². The average Bonchev–Trinajstić information content (AvgIpc) is 2.73. The Labute approximate surface area is 114 Å². The van der Waals surface area contributed by atoms with E-state index in [4.69, 9.17) is 0 Å². The summed E-state index contributed by atoms with van der Waals surface area (Å²) in [5.74, 6) is -0.692. The first-order valence-electron chi connectivity index (χ1n) is 7.38. The first-order chi connectivity index (χ1) is 9.11. The molecule has 2 fully saturated rings. The van der Waals surface area contributed by atoms with Crippen molar-refractivity contribution in [3.8, 4) is 0 Å². The van der Waals surface area contributed by atoms with E-state index in [1.165, 1.54) is 12.8 Å². The zero-order valence-corrected chi connectivity index (χ0v) is 11.7. The fraction of sp³-hybridized carbons (Fsp3) is 0.857. The molecular formula is C14H24N2O3. The lowest BCUT2D eigenvalue weighted by atomic mass is 10.1. The fourth-order valence-corrected chi connectivity index (χ4v) is 3.21. The lowest BCUT2D eigenvalue weighted by molar-refractivity contribution is -0.145. The molecule has 0 saturated carbocycles. The summed E-state index contributed by atoms with van der Waals surface area (Å²) in [6.45, 7) is 4.23. The van der Waals surface area contributed by atoms with Crippen LogP contribution in [0.5, 0.6) is 0 Å². The molecule has 0 aromatic carbocycles. The second-order valence-corrected chi connectivity index (χ2v) is 5.65. The SMILES string of the molecule is CC(C(=O)N1CCCCCC1)N1CCCC1C(=O)O. The summed E-state index contributed by atoms with van der Waals surface area (Å²) in [5, 5.41) is 9.20. The molecular weight excluding hydrogens is 244 g/mol. The third-order valence-corrected chi connectivity index (χ3v) is 4.35. The summed E-state index contributed by atoms with van der Waals surface area (Å²) in [6.07, 6.45) is 6.06. The molecule has 1 amide bonds. The van der Waals surface area contributed by atoms with E-state index in [1.807, 2.05) is 16.7 Å². The van der Waals surface area contributed by atoms with E-state index in [9.17, 15) is 14.7 Å². The van der Waals surface area contributed by atoms with E-state index in [0.29, 0.717) is 6.42 Å². The number of carbonyl (C=O) groups excluding carboxylic acids is 1. The summed E-state index contributed by atoms with van der Waals surface area (Å²) in [5.41, 5.74) is 0. The molecule has 0 aromatic rings. The highest BCUT2D eigenvalue weighted by atomic mass is 16.4. The lowest BCUT2D eigenvalue weighted by Crippen LogP contribution is -2.51. The van der Waals surface area contributed by atoms with Crippen molar-refractivity contribution in [3.63, 3.8) is 0 Å². The quantitative estimate of drug-likeness (QED) is 0.839. The number of aliphatic carboxylic acids is 1. The molecule has 1 N–H and O–H groups in total. The van der Waals surface area contributed by atoms with Gasteiger partial charge in [-0.1, -0.05) is 12.8 Å². The maximum absolute atomic E-state index is 12.5. The van der Waals surface area contributed by atoms with Crippen molar-refractivity contribution >= 4 is 11.9 Å². The number of nitrogens with zero attached hydrogens (tertiary/aromatic N) is 2. The Morgan fingerprint density at radius 1 is 1.05 bits per heavy atom. The predicted octanol–water partition coefficient (Wildman–Crippen LogP) is 1.33. The number of rotatable bonds is 3. The number of carboxylic acid groups (broad SMARTS) is 1. The van der Waals surface area contributed by atoms with Crippen LogP contribution in [0.4, 0.5) is 0 Å². The van der Waals surface area contributed by atoms with Gasteiger partial charge in [0.1, 0.15) is 6.04 Å². The third-order valence-electron chi connectivity index (χ3n) is 4.35. The highest BCUT2D eigenvalue weighted by Gasteiger charge is 2.37. The summed E-state index contributed by atoms with van der Waals surface area (Å²) in [6, 6.07) is -0.785. The molecule has 0 aromatic heterocycles. The normalized spacial score (nSPS) is 27.0. The minimum Gasteiger partial charge on any atom is -0.480 e. The molecule has 2 saturated heterocycles. The third kappa shape index (κ3) is 3.26. The largest absolute Gasteiger partial charge is 0.480 e. The van der Waals surface area contributed by atoms with Crippen LogP contribution in [0.25, 0.3) is 0 Å². The van der Waals surface area contributed by atoms with Crippen LogP contribution >= 0.6 is 0 Å². The topological polar surface area (TPSA) is 60.9 Å². The molecule has 2 aliphatic heterocycles. The minimum absolute atomic E-state index is 0.107. The van der Waals surface area contributed by atoms with Crippen LogP contribution < -0.4 is 0 Å². The number of carboxylic acids is 1. The maximum Gasteiger partial charge on any atom is 0.320 e. The molecule has 2 atom stereocenters. The molecule has 19 heavy (non-hydrogen) atoms. The van der Waals surface area contributed by atoms with Gasteiger partial charge in [0.15, 0.2) is 0 Å². The monoisotopic (exact) mass is 268 g/mol. The summed E-state index contributed by atoms with van der Waals surface area (Å²) >= 11 is 0. The smallest absolute Gasteiger partial charge is 0.320 e. The number of hydrogen-bond donors (Lipinski definition) is 1. The van der Waals surface area contributed by atoms with Gasteiger partial charge in [-0.15, -0.1) is 0 Å². The molecule has 2 rings (SSSR count). The Morgan fingerprint density at radius 3 is 2.26 bits per heavy atom. The van der Waals surface area contributed by atoms with E-state index in [-0.39, 0.29) is 11.9 Å². The van der Waals surface area contributed by atoms with Gasteiger partial charge in [-0.2, -0.15) is 0 Å². The van der Waals surface area contributed by atoms with E-state index >= 15 is 0 Å².